The predicted molar refractivity (Wildman–Crippen MR) is 103 cm³/mol. The van der Waals surface area contributed by atoms with E-state index in [0.29, 0.717) is 12.6 Å². The second-order valence-electron chi connectivity index (χ2n) is 6.95. The average Bonchev–Trinajstić information content (AvgIpc) is 3.47. The van der Waals surface area contributed by atoms with Crippen molar-refractivity contribution in [2.45, 2.75) is 44.7 Å². The third kappa shape index (κ3) is 4.70. The van der Waals surface area contributed by atoms with Gasteiger partial charge in [-0.2, -0.15) is 0 Å². The monoisotopic (exact) mass is 336 g/mol. The molecule has 0 unspecified atom stereocenters. The first-order valence-electron chi connectivity index (χ1n) is 9.32. The van der Waals surface area contributed by atoms with Crippen molar-refractivity contribution in [2.75, 3.05) is 13.1 Å². The zero-order valence-corrected chi connectivity index (χ0v) is 15.2. The van der Waals surface area contributed by atoms with E-state index in [9.17, 15) is 4.79 Å². The first kappa shape index (κ1) is 17.7. The zero-order chi connectivity index (χ0) is 17.6. The molecule has 1 amide bonds. The van der Waals surface area contributed by atoms with E-state index in [2.05, 4.69) is 72.6 Å². The van der Waals surface area contributed by atoms with Crippen LogP contribution in [0.2, 0.25) is 0 Å². The molecule has 1 N–H and O–H groups in total. The topological polar surface area (TPSA) is 32.3 Å². The highest BCUT2D eigenvalue weighted by molar-refractivity contribution is 5.78. The average molecular weight is 336 g/mol. The van der Waals surface area contributed by atoms with Crippen LogP contribution in [-0.2, 0) is 4.79 Å². The smallest absolute Gasteiger partial charge is 0.234 e. The third-order valence-electron chi connectivity index (χ3n) is 5.02. The minimum absolute atomic E-state index is 0.0372. The first-order valence-corrected chi connectivity index (χ1v) is 9.32. The Morgan fingerprint density at radius 3 is 2.00 bits per heavy atom. The second kappa shape index (κ2) is 8.30. The second-order valence-corrected chi connectivity index (χ2v) is 6.95. The fourth-order valence-electron chi connectivity index (χ4n) is 3.60. The summed E-state index contributed by atoms with van der Waals surface area (Å²) in [5.41, 5.74) is 2.46. The molecule has 3 heteroatoms. The van der Waals surface area contributed by atoms with Crippen LogP contribution in [-0.4, -0.2) is 36.0 Å². The number of carbonyl (C=O) groups excluding carboxylic acids is 1. The van der Waals surface area contributed by atoms with Crippen LogP contribution in [0.1, 0.15) is 43.7 Å². The van der Waals surface area contributed by atoms with Gasteiger partial charge < -0.3 is 5.32 Å². The predicted octanol–water partition coefficient (Wildman–Crippen LogP) is 3.81. The molecule has 1 aliphatic carbocycles. The van der Waals surface area contributed by atoms with Gasteiger partial charge in [0.25, 0.3) is 0 Å². The Labute approximate surface area is 151 Å². The number of nitrogens with one attached hydrogen (secondary N) is 1. The van der Waals surface area contributed by atoms with Gasteiger partial charge in [0.2, 0.25) is 5.91 Å². The lowest BCUT2D eigenvalue weighted by molar-refractivity contribution is -0.123. The lowest BCUT2D eigenvalue weighted by Crippen LogP contribution is -2.44. The fourth-order valence-corrected chi connectivity index (χ4v) is 3.60. The molecule has 132 valence electrons. The highest BCUT2D eigenvalue weighted by atomic mass is 16.2. The standard InChI is InChI=1S/C22H28N2O/c1-3-24(20-14-15-20)16-21(25)23-17(2)22(18-10-6-4-7-11-18)19-12-8-5-9-13-19/h4-13,17,20,22H,3,14-16H2,1-2H3,(H,23,25)/t17-/m1/s1. The summed E-state index contributed by atoms with van der Waals surface area (Å²) in [5, 5.41) is 3.24. The lowest BCUT2D eigenvalue weighted by atomic mass is 9.86. The largest absolute Gasteiger partial charge is 0.352 e. The van der Waals surface area contributed by atoms with E-state index in [-0.39, 0.29) is 17.9 Å². The van der Waals surface area contributed by atoms with Crippen LogP contribution in [0.15, 0.2) is 60.7 Å². The van der Waals surface area contributed by atoms with Gasteiger partial charge in [0.15, 0.2) is 0 Å². The summed E-state index contributed by atoms with van der Waals surface area (Å²) in [4.78, 5) is 14.8. The van der Waals surface area contributed by atoms with E-state index in [1.54, 1.807) is 0 Å². The molecular formula is C22H28N2O. The third-order valence-corrected chi connectivity index (χ3v) is 5.02. The molecule has 0 spiro atoms. The van der Waals surface area contributed by atoms with Gasteiger partial charge in [0, 0.05) is 18.0 Å². The molecule has 0 heterocycles. The quantitative estimate of drug-likeness (QED) is 0.795. The van der Waals surface area contributed by atoms with Gasteiger partial charge in [-0.25, -0.2) is 0 Å². The summed E-state index contributed by atoms with van der Waals surface area (Å²) in [6, 6.07) is 21.5. The molecular weight excluding hydrogens is 308 g/mol. The fraction of sp³-hybridized carbons (Fsp3) is 0.409. The highest BCUT2D eigenvalue weighted by Gasteiger charge is 2.30. The van der Waals surface area contributed by atoms with Crippen LogP contribution in [0.4, 0.5) is 0 Å². The van der Waals surface area contributed by atoms with Crippen LogP contribution in [0.5, 0.6) is 0 Å². The summed E-state index contributed by atoms with van der Waals surface area (Å²) in [6.07, 6.45) is 2.46. The minimum Gasteiger partial charge on any atom is -0.352 e. The summed E-state index contributed by atoms with van der Waals surface area (Å²) < 4.78 is 0. The van der Waals surface area contributed by atoms with Crippen LogP contribution in [0.3, 0.4) is 0 Å². The molecule has 25 heavy (non-hydrogen) atoms. The van der Waals surface area contributed by atoms with E-state index in [1.807, 2.05) is 12.1 Å². The van der Waals surface area contributed by atoms with Crippen molar-refractivity contribution in [1.29, 1.82) is 0 Å². The Morgan fingerprint density at radius 1 is 1.04 bits per heavy atom. The van der Waals surface area contributed by atoms with Crippen molar-refractivity contribution in [3.63, 3.8) is 0 Å². The van der Waals surface area contributed by atoms with Crippen LogP contribution in [0.25, 0.3) is 0 Å². The number of nitrogens with zero attached hydrogens (tertiary/aromatic N) is 1. The van der Waals surface area contributed by atoms with Gasteiger partial charge in [-0.15, -0.1) is 0 Å². The Morgan fingerprint density at radius 2 is 1.56 bits per heavy atom. The van der Waals surface area contributed by atoms with Crippen molar-refractivity contribution in [2.24, 2.45) is 0 Å². The maximum Gasteiger partial charge on any atom is 0.234 e. The lowest BCUT2D eigenvalue weighted by Gasteiger charge is -2.27. The van der Waals surface area contributed by atoms with Crippen LogP contribution >= 0.6 is 0 Å². The van der Waals surface area contributed by atoms with Crippen LogP contribution in [0, 0.1) is 0 Å². The Kier molecular flexibility index (Phi) is 5.87. The molecule has 1 aliphatic rings. The maximum absolute atomic E-state index is 12.6. The first-order chi connectivity index (χ1) is 12.2. The molecule has 0 bridgehead atoms. The van der Waals surface area contributed by atoms with E-state index < -0.39 is 0 Å². The maximum atomic E-state index is 12.6. The molecule has 3 nitrogen and oxygen atoms in total. The van der Waals surface area contributed by atoms with Crippen molar-refractivity contribution < 1.29 is 4.79 Å². The molecule has 0 aliphatic heterocycles. The van der Waals surface area contributed by atoms with Crippen molar-refractivity contribution >= 4 is 5.91 Å². The highest BCUT2D eigenvalue weighted by Crippen LogP contribution is 2.28. The van der Waals surface area contributed by atoms with Crippen LogP contribution < -0.4 is 5.32 Å². The van der Waals surface area contributed by atoms with Gasteiger partial charge in [0.05, 0.1) is 6.54 Å². The zero-order valence-electron chi connectivity index (χ0n) is 15.2. The Bertz CT molecular complexity index is 627. The van der Waals surface area contributed by atoms with Gasteiger partial charge >= 0.3 is 0 Å². The summed E-state index contributed by atoms with van der Waals surface area (Å²) >= 11 is 0. The minimum atomic E-state index is 0.0372. The number of likely N-dealkylation sites (N-methyl/N-ethyl adjacent to an activating group) is 1. The molecule has 1 saturated carbocycles. The molecule has 2 aromatic rings. The summed E-state index contributed by atoms with van der Waals surface area (Å²) in [5.74, 6) is 0.278. The number of carbonyl (C=O) groups is 1. The number of benzene rings is 2. The number of hydrogen-bond acceptors (Lipinski definition) is 2. The SMILES string of the molecule is CCN(CC(=O)N[C@H](C)C(c1ccccc1)c1ccccc1)C1CC1. The Balaban J connectivity index is 1.73. The van der Waals surface area contributed by atoms with Gasteiger partial charge in [0.1, 0.15) is 0 Å². The molecule has 0 radical (unpaired) electrons. The number of amides is 1. The van der Waals surface area contributed by atoms with Crippen molar-refractivity contribution in [1.82, 2.24) is 10.2 Å². The van der Waals surface area contributed by atoms with E-state index in [4.69, 9.17) is 0 Å². The molecule has 2 aromatic carbocycles. The van der Waals surface area contributed by atoms with Gasteiger partial charge in [-0.1, -0.05) is 67.6 Å². The van der Waals surface area contributed by atoms with Crippen molar-refractivity contribution in [3.05, 3.63) is 71.8 Å². The van der Waals surface area contributed by atoms with E-state index in [0.717, 1.165) is 6.54 Å². The molecule has 0 aromatic heterocycles. The summed E-state index contributed by atoms with van der Waals surface area (Å²) in [7, 11) is 0. The van der Waals surface area contributed by atoms with E-state index in [1.165, 1.54) is 24.0 Å². The summed E-state index contributed by atoms with van der Waals surface area (Å²) in [6.45, 7) is 5.68. The molecule has 1 atom stereocenters. The van der Waals surface area contributed by atoms with Crippen molar-refractivity contribution in [3.8, 4) is 0 Å². The van der Waals surface area contributed by atoms with E-state index >= 15 is 0 Å². The molecule has 0 saturated heterocycles. The number of rotatable bonds is 8. The van der Waals surface area contributed by atoms with Gasteiger partial charge in [-0.05, 0) is 37.4 Å². The molecule has 1 fully saturated rings. The number of hydrogen-bond donors (Lipinski definition) is 1. The normalized spacial score (nSPS) is 15.4. The molecule has 3 rings (SSSR count). The van der Waals surface area contributed by atoms with Gasteiger partial charge in [-0.3, -0.25) is 9.69 Å². The Hall–Kier alpha value is -2.13.